The summed E-state index contributed by atoms with van der Waals surface area (Å²) in [6.45, 7) is 0. The van der Waals surface area contributed by atoms with Gasteiger partial charge in [0.1, 0.15) is 6.10 Å². The van der Waals surface area contributed by atoms with Gasteiger partial charge >= 0.3 is 5.97 Å². The number of fused-ring (bicyclic) bond motifs is 1. The molecule has 0 spiro atoms. The molecule has 3 saturated carbocycles. The lowest BCUT2D eigenvalue weighted by atomic mass is 9.57. The first-order valence-corrected chi connectivity index (χ1v) is 9.82. The van der Waals surface area contributed by atoms with Gasteiger partial charge in [0.25, 0.3) is 0 Å². The molecule has 0 saturated heterocycles. The first-order valence-electron chi connectivity index (χ1n) is 9.82. The number of carbonyl (C=O) groups is 1. The Morgan fingerprint density at radius 2 is 2.00 bits per heavy atom. The number of carboxylic acids is 1. The van der Waals surface area contributed by atoms with Gasteiger partial charge in [-0.1, -0.05) is 49.2 Å². The highest BCUT2D eigenvalue weighted by atomic mass is 16.4. The molecule has 4 nitrogen and oxygen atoms in total. The maximum Gasteiger partial charge on any atom is 0.303 e. The molecule has 0 amide bonds. The van der Waals surface area contributed by atoms with Crippen LogP contribution in [0.2, 0.25) is 0 Å². The summed E-state index contributed by atoms with van der Waals surface area (Å²) in [6, 6.07) is 0. The summed E-state index contributed by atoms with van der Waals surface area (Å²) in [7, 11) is 0. The third-order valence-corrected chi connectivity index (χ3v) is 6.33. The number of allylic oxidation sites excluding steroid dienone is 2. The number of aliphatic carboxylic acids is 1. The van der Waals surface area contributed by atoms with Gasteiger partial charge in [-0.15, -0.1) is 0 Å². The Hall–Kier alpha value is -1.31. The fourth-order valence-corrected chi connectivity index (χ4v) is 4.90. The van der Waals surface area contributed by atoms with Gasteiger partial charge in [0.2, 0.25) is 0 Å². The quantitative estimate of drug-likeness (QED) is 0.528. The van der Waals surface area contributed by atoms with Gasteiger partial charge in [0, 0.05) is 6.42 Å². The van der Waals surface area contributed by atoms with Gasteiger partial charge in [0.15, 0.2) is 0 Å². The van der Waals surface area contributed by atoms with Crippen LogP contribution in [0.25, 0.3) is 0 Å². The number of carboxylic acid groups (broad SMARTS) is 1. The highest BCUT2D eigenvalue weighted by Gasteiger charge is 2.46. The van der Waals surface area contributed by atoms with Crippen molar-refractivity contribution in [2.45, 2.75) is 76.4 Å². The zero-order chi connectivity index (χ0) is 17.8. The van der Waals surface area contributed by atoms with Crippen LogP contribution in [-0.2, 0) is 4.79 Å². The smallest absolute Gasteiger partial charge is 0.303 e. The second kappa shape index (κ2) is 8.38. The van der Waals surface area contributed by atoms with Crippen LogP contribution < -0.4 is 0 Å². The van der Waals surface area contributed by atoms with Crippen molar-refractivity contribution in [1.29, 1.82) is 0 Å². The van der Waals surface area contributed by atoms with E-state index < -0.39 is 18.2 Å². The van der Waals surface area contributed by atoms with E-state index in [9.17, 15) is 15.0 Å². The molecule has 3 N–H and O–H groups in total. The van der Waals surface area contributed by atoms with Gasteiger partial charge in [-0.05, 0) is 49.9 Å². The molecule has 5 atom stereocenters. The second-order valence-electron chi connectivity index (χ2n) is 8.05. The molecule has 0 aromatic rings. The first kappa shape index (κ1) is 18.5. The lowest BCUT2D eigenvalue weighted by molar-refractivity contribution is -0.136. The Morgan fingerprint density at radius 1 is 1.24 bits per heavy atom. The number of hydrogen-bond donors (Lipinski definition) is 3. The van der Waals surface area contributed by atoms with Crippen molar-refractivity contribution >= 4 is 5.97 Å². The van der Waals surface area contributed by atoms with Gasteiger partial charge in [0.05, 0.1) is 12.0 Å². The van der Waals surface area contributed by atoms with Gasteiger partial charge in [-0.25, -0.2) is 0 Å². The summed E-state index contributed by atoms with van der Waals surface area (Å²) < 4.78 is 0. The standard InChI is InChI=1S/C21H30O4/c22-16(12-14-4-1-2-5-14)8-9-18-19-13-15(6-3-7-21(24)25)17(19)10-11-20(18)23/h6,14,16-20,22-23H,1-5,7,10-13H2,(H,24,25)/t16?,17-,18-,19+,20-/m0/s1. The Labute approximate surface area is 150 Å². The van der Waals surface area contributed by atoms with Crippen LogP contribution in [0.5, 0.6) is 0 Å². The van der Waals surface area contributed by atoms with E-state index in [1.807, 2.05) is 0 Å². The van der Waals surface area contributed by atoms with Gasteiger partial charge < -0.3 is 15.3 Å². The van der Waals surface area contributed by atoms with Crippen LogP contribution >= 0.6 is 0 Å². The third-order valence-electron chi connectivity index (χ3n) is 6.33. The molecule has 3 rings (SSSR count). The molecule has 1 unspecified atom stereocenters. The lowest BCUT2D eigenvalue weighted by Gasteiger charge is -2.48. The highest BCUT2D eigenvalue weighted by Crippen LogP contribution is 2.51. The molecule has 0 bridgehead atoms. The molecule has 3 fully saturated rings. The molecule has 4 heteroatoms. The molecule has 138 valence electrons. The Kier molecular flexibility index (Phi) is 6.19. The van der Waals surface area contributed by atoms with E-state index in [1.165, 1.54) is 31.3 Å². The molecule has 25 heavy (non-hydrogen) atoms. The number of aliphatic hydroxyl groups excluding tert-OH is 2. The summed E-state index contributed by atoms with van der Waals surface area (Å²) in [5.74, 6) is 6.84. The maximum atomic E-state index is 10.6. The summed E-state index contributed by atoms with van der Waals surface area (Å²) >= 11 is 0. The highest BCUT2D eigenvalue weighted by molar-refractivity contribution is 5.66. The predicted octanol–water partition coefficient (Wildman–Crippen LogP) is 3.13. The maximum absolute atomic E-state index is 10.6. The SMILES string of the molecule is O=C(O)CCC=C1C[C@H]2[C@H](C#CC(O)CC3CCCC3)[C@@H](O)CC[C@@H]12. The third kappa shape index (κ3) is 4.65. The minimum atomic E-state index is -0.758. The van der Waals surface area contributed by atoms with Crippen molar-refractivity contribution in [3.05, 3.63) is 11.6 Å². The molecule has 0 radical (unpaired) electrons. The van der Waals surface area contributed by atoms with Crippen LogP contribution in [0.15, 0.2) is 11.6 Å². The van der Waals surface area contributed by atoms with Crippen LogP contribution in [0.3, 0.4) is 0 Å². The van der Waals surface area contributed by atoms with Crippen molar-refractivity contribution in [1.82, 2.24) is 0 Å². The fourth-order valence-electron chi connectivity index (χ4n) is 4.90. The molecule has 0 aromatic heterocycles. The van der Waals surface area contributed by atoms with E-state index in [0.717, 1.165) is 25.7 Å². The Balaban J connectivity index is 1.55. The summed E-state index contributed by atoms with van der Waals surface area (Å²) in [4.78, 5) is 10.6. The van der Waals surface area contributed by atoms with Crippen LogP contribution in [0.1, 0.15) is 64.2 Å². The van der Waals surface area contributed by atoms with Crippen LogP contribution in [-0.4, -0.2) is 33.5 Å². The second-order valence-corrected chi connectivity index (χ2v) is 8.05. The minimum absolute atomic E-state index is 0.0476. The van der Waals surface area contributed by atoms with Gasteiger partial charge in [-0.2, -0.15) is 0 Å². The molecule has 3 aliphatic carbocycles. The molecule has 0 heterocycles. The van der Waals surface area contributed by atoms with E-state index in [1.54, 1.807) is 0 Å². The van der Waals surface area contributed by atoms with E-state index in [4.69, 9.17) is 5.11 Å². The predicted molar refractivity (Wildman–Crippen MR) is 95.6 cm³/mol. The Bertz CT molecular complexity index is 564. The van der Waals surface area contributed by atoms with Crippen molar-refractivity contribution in [3.63, 3.8) is 0 Å². The average molecular weight is 346 g/mol. The number of rotatable bonds is 5. The Morgan fingerprint density at radius 3 is 2.72 bits per heavy atom. The van der Waals surface area contributed by atoms with Gasteiger partial charge in [-0.3, -0.25) is 4.79 Å². The zero-order valence-corrected chi connectivity index (χ0v) is 14.9. The topological polar surface area (TPSA) is 77.8 Å². The molecule has 3 aliphatic rings. The monoisotopic (exact) mass is 346 g/mol. The van der Waals surface area contributed by atoms with Crippen molar-refractivity contribution in [3.8, 4) is 11.8 Å². The van der Waals surface area contributed by atoms with E-state index in [-0.39, 0.29) is 12.3 Å². The number of hydrogen-bond acceptors (Lipinski definition) is 3. The first-order chi connectivity index (χ1) is 12.0. The lowest BCUT2D eigenvalue weighted by Crippen LogP contribution is -2.44. The van der Waals surface area contributed by atoms with E-state index >= 15 is 0 Å². The van der Waals surface area contributed by atoms with E-state index in [0.29, 0.717) is 24.2 Å². The van der Waals surface area contributed by atoms with Crippen molar-refractivity contribution < 1.29 is 20.1 Å². The molecular formula is C21H30O4. The summed E-state index contributed by atoms with van der Waals surface area (Å²) in [5.41, 5.74) is 1.34. The largest absolute Gasteiger partial charge is 0.481 e. The summed E-state index contributed by atoms with van der Waals surface area (Å²) in [6.07, 6.45) is 10.2. The number of aliphatic hydroxyl groups is 2. The van der Waals surface area contributed by atoms with E-state index in [2.05, 4.69) is 17.9 Å². The molecule has 0 aromatic carbocycles. The average Bonchev–Trinajstić information content (AvgIpc) is 3.04. The fraction of sp³-hybridized carbons (Fsp3) is 0.762. The normalized spacial score (nSPS) is 34.7. The van der Waals surface area contributed by atoms with Crippen molar-refractivity contribution in [2.24, 2.45) is 23.7 Å². The minimum Gasteiger partial charge on any atom is -0.481 e. The summed E-state index contributed by atoms with van der Waals surface area (Å²) in [5, 5.41) is 29.3. The molecule has 0 aliphatic heterocycles. The molecular weight excluding hydrogens is 316 g/mol. The van der Waals surface area contributed by atoms with Crippen molar-refractivity contribution in [2.75, 3.05) is 0 Å². The van der Waals surface area contributed by atoms with Crippen LogP contribution in [0, 0.1) is 35.5 Å². The zero-order valence-electron chi connectivity index (χ0n) is 14.9. The van der Waals surface area contributed by atoms with Crippen LogP contribution in [0.4, 0.5) is 0 Å².